The number of carbonyl (C=O) groups excluding carboxylic acids is 1. The highest BCUT2D eigenvalue weighted by atomic mass is 79.9. The number of rotatable bonds is 4. The van der Waals surface area contributed by atoms with Crippen LogP contribution in [0.4, 0.5) is 0 Å². The van der Waals surface area contributed by atoms with Crippen molar-refractivity contribution in [1.29, 1.82) is 0 Å². The zero-order chi connectivity index (χ0) is 15.7. The highest BCUT2D eigenvalue weighted by molar-refractivity contribution is 9.10. The van der Waals surface area contributed by atoms with Gasteiger partial charge >= 0.3 is 5.97 Å². The van der Waals surface area contributed by atoms with E-state index in [0.29, 0.717) is 5.58 Å². The summed E-state index contributed by atoms with van der Waals surface area (Å²) in [6.45, 7) is 5.41. The quantitative estimate of drug-likeness (QED) is 0.883. The molecule has 2 rings (SSSR count). The van der Waals surface area contributed by atoms with Crippen molar-refractivity contribution >= 4 is 38.8 Å². The van der Waals surface area contributed by atoms with Crippen LogP contribution in [0.25, 0.3) is 11.0 Å². The fraction of sp³-hybridized carbons (Fsp3) is 0.333. The molecule has 112 valence electrons. The Labute approximate surface area is 130 Å². The molecule has 2 aromatic rings. The molecule has 6 heteroatoms. The third-order valence-electron chi connectivity index (χ3n) is 3.16. The fourth-order valence-corrected chi connectivity index (χ4v) is 2.76. The molecule has 5 nitrogen and oxygen atoms in total. The number of aliphatic carboxylic acids is 1. The molecule has 0 bridgehead atoms. The Morgan fingerprint density at radius 3 is 2.52 bits per heavy atom. The van der Waals surface area contributed by atoms with Crippen molar-refractivity contribution < 1.29 is 19.1 Å². The van der Waals surface area contributed by atoms with Gasteiger partial charge < -0.3 is 14.8 Å². The maximum Gasteiger partial charge on any atom is 0.326 e. The van der Waals surface area contributed by atoms with Gasteiger partial charge in [0, 0.05) is 5.39 Å². The van der Waals surface area contributed by atoms with Gasteiger partial charge in [-0.1, -0.05) is 13.8 Å². The van der Waals surface area contributed by atoms with Crippen molar-refractivity contribution in [2.45, 2.75) is 26.8 Å². The van der Waals surface area contributed by atoms with Crippen LogP contribution >= 0.6 is 15.9 Å². The lowest BCUT2D eigenvalue weighted by Crippen LogP contribution is -2.44. The Morgan fingerprint density at radius 2 is 1.95 bits per heavy atom. The maximum absolute atomic E-state index is 12.1. The number of aryl methyl sites for hydroxylation is 1. The third kappa shape index (κ3) is 3.26. The second kappa shape index (κ2) is 5.89. The summed E-state index contributed by atoms with van der Waals surface area (Å²) in [5.41, 5.74) is 1.61. The van der Waals surface area contributed by atoms with E-state index in [1.54, 1.807) is 19.9 Å². The number of fused-ring (bicyclic) bond motifs is 1. The van der Waals surface area contributed by atoms with Crippen LogP contribution in [0.5, 0.6) is 0 Å². The first-order chi connectivity index (χ1) is 9.79. The van der Waals surface area contributed by atoms with Gasteiger partial charge in [0.05, 0.1) is 4.47 Å². The highest BCUT2D eigenvalue weighted by Crippen LogP contribution is 2.28. The molecule has 21 heavy (non-hydrogen) atoms. The highest BCUT2D eigenvalue weighted by Gasteiger charge is 2.25. The molecule has 0 radical (unpaired) electrons. The largest absolute Gasteiger partial charge is 0.480 e. The number of carboxylic acids is 1. The molecule has 0 aliphatic rings. The normalized spacial score (nSPS) is 12.6. The van der Waals surface area contributed by atoms with Crippen LogP contribution in [0, 0.1) is 12.8 Å². The van der Waals surface area contributed by atoms with Gasteiger partial charge in [0.25, 0.3) is 5.91 Å². The summed E-state index contributed by atoms with van der Waals surface area (Å²) in [6, 6.07) is 4.46. The average molecular weight is 354 g/mol. The molecular weight excluding hydrogens is 338 g/mol. The van der Waals surface area contributed by atoms with E-state index in [1.165, 1.54) is 0 Å². The predicted octanol–water partition coefficient (Wildman–Crippen LogP) is 3.34. The van der Waals surface area contributed by atoms with E-state index in [1.807, 2.05) is 19.1 Å². The lowest BCUT2D eigenvalue weighted by atomic mass is 10.0. The molecule has 1 atom stereocenters. The lowest BCUT2D eigenvalue weighted by Gasteiger charge is -2.16. The van der Waals surface area contributed by atoms with Gasteiger partial charge in [-0.25, -0.2) is 4.79 Å². The first-order valence-corrected chi connectivity index (χ1v) is 7.32. The molecule has 0 aliphatic carbocycles. The van der Waals surface area contributed by atoms with Crippen molar-refractivity contribution in [1.82, 2.24) is 5.32 Å². The molecular formula is C15H16BrNO4. The first kappa shape index (κ1) is 15.6. The molecule has 0 fully saturated rings. The summed E-state index contributed by atoms with van der Waals surface area (Å²) < 4.78 is 6.28. The molecule has 1 aromatic carbocycles. The molecule has 0 saturated heterocycles. The summed E-state index contributed by atoms with van der Waals surface area (Å²) in [7, 11) is 0. The number of amides is 1. The van der Waals surface area contributed by atoms with Crippen LogP contribution in [0.3, 0.4) is 0 Å². The minimum absolute atomic E-state index is 0.100. The SMILES string of the molecule is Cc1cc(Br)c2oc(C(=O)NC(C(=O)O)C(C)C)cc2c1. The second-order valence-corrected chi connectivity index (χ2v) is 6.16. The molecule has 2 N–H and O–H groups in total. The Hall–Kier alpha value is -1.82. The Kier molecular flexibility index (Phi) is 4.37. The fourth-order valence-electron chi connectivity index (χ4n) is 2.09. The van der Waals surface area contributed by atoms with E-state index >= 15 is 0 Å². The van der Waals surface area contributed by atoms with Crippen molar-refractivity contribution in [3.63, 3.8) is 0 Å². The zero-order valence-corrected chi connectivity index (χ0v) is 13.5. The van der Waals surface area contributed by atoms with E-state index < -0.39 is 17.9 Å². The summed E-state index contributed by atoms with van der Waals surface area (Å²) in [5.74, 6) is -1.71. The predicted molar refractivity (Wildman–Crippen MR) is 82.4 cm³/mol. The summed E-state index contributed by atoms with van der Waals surface area (Å²) >= 11 is 3.39. The smallest absolute Gasteiger partial charge is 0.326 e. The van der Waals surface area contributed by atoms with Crippen LogP contribution in [-0.2, 0) is 4.79 Å². The monoisotopic (exact) mass is 353 g/mol. The number of hydrogen-bond donors (Lipinski definition) is 2. The molecule has 0 saturated carbocycles. The molecule has 0 spiro atoms. The topological polar surface area (TPSA) is 79.5 Å². The van der Waals surface area contributed by atoms with E-state index in [2.05, 4.69) is 21.2 Å². The Balaban J connectivity index is 2.31. The lowest BCUT2D eigenvalue weighted by molar-refractivity contribution is -0.140. The van der Waals surface area contributed by atoms with E-state index in [4.69, 9.17) is 9.52 Å². The van der Waals surface area contributed by atoms with E-state index in [-0.39, 0.29) is 11.7 Å². The third-order valence-corrected chi connectivity index (χ3v) is 3.75. The summed E-state index contributed by atoms with van der Waals surface area (Å²) in [5, 5.41) is 12.4. The van der Waals surface area contributed by atoms with Crippen LogP contribution in [-0.4, -0.2) is 23.0 Å². The van der Waals surface area contributed by atoms with Crippen LogP contribution in [0.1, 0.15) is 30.0 Å². The van der Waals surface area contributed by atoms with Gasteiger partial charge in [-0.2, -0.15) is 0 Å². The van der Waals surface area contributed by atoms with E-state index in [0.717, 1.165) is 15.4 Å². The number of furan rings is 1. The maximum atomic E-state index is 12.1. The molecule has 0 aliphatic heterocycles. The first-order valence-electron chi connectivity index (χ1n) is 6.53. The number of carbonyl (C=O) groups is 2. The number of nitrogens with one attached hydrogen (secondary N) is 1. The molecule has 1 aromatic heterocycles. The zero-order valence-electron chi connectivity index (χ0n) is 11.9. The van der Waals surface area contributed by atoms with Gasteiger partial charge in [-0.15, -0.1) is 0 Å². The standard InChI is InChI=1S/C15H16BrNO4/c1-7(2)12(15(19)20)17-14(18)11-6-9-4-8(3)5-10(16)13(9)21-11/h4-7,12H,1-3H3,(H,17,18)(H,19,20). The Morgan fingerprint density at radius 1 is 1.29 bits per heavy atom. The van der Waals surface area contributed by atoms with E-state index in [9.17, 15) is 9.59 Å². The van der Waals surface area contributed by atoms with Crippen molar-refractivity contribution in [3.05, 3.63) is 34.0 Å². The molecule has 1 amide bonds. The van der Waals surface area contributed by atoms with Crippen molar-refractivity contribution in [2.75, 3.05) is 0 Å². The van der Waals surface area contributed by atoms with Gasteiger partial charge in [-0.05, 0) is 52.5 Å². The van der Waals surface area contributed by atoms with Crippen LogP contribution in [0.2, 0.25) is 0 Å². The van der Waals surface area contributed by atoms with Crippen LogP contribution in [0.15, 0.2) is 27.1 Å². The van der Waals surface area contributed by atoms with Gasteiger partial charge in [0.15, 0.2) is 5.76 Å². The molecule has 1 heterocycles. The average Bonchev–Trinajstić information content (AvgIpc) is 2.78. The number of benzene rings is 1. The number of halogens is 1. The minimum atomic E-state index is -1.06. The molecule has 1 unspecified atom stereocenters. The Bertz CT molecular complexity index is 705. The van der Waals surface area contributed by atoms with Gasteiger partial charge in [0.1, 0.15) is 11.6 Å². The summed E-state index contributed by atoms with van der Waals surface area (Å²) in [6.07, 6.45) is 0. The summed E-state index contributed by atoms with van der Waals surface area (Å²) in [4.78, 5) is 23.3. The van der Waals surface area contributed by atoms with Gasteiger partial charge in [-0.3, -0.25) is 4.79 Å². The minimum Gasteiger partial charge on any atom is -0.480 e. The second-order valence-electron chi connectivity index (χ2n) is 5.31. The van der Waals surface area contributed by atoms with Crippen LogP contribution < -0.4 is 5.32 Å². The number of hydrogen-bond acceptors (Lipinski definition) is 3. The van der Waals surface area contributed by atoms with Gasteiger partial charge in [0.2, 0.25) is 0 Å². The van der Waals surface area contributed by atoms with Crippen molar-refractivity contribution in [2.24, 2.45) is 5.92 Å². The van der Waals surface area contributed by atoms with Crippen molar-refractivity contribution in [3.8, 4) is 0 Å². The number of carboxylic acid groups (broad SMARTS) is 1.